The summed E-state index contributed by atoms with van der Waals surface area (Å²) in [5.41, 5.74) is 0. The molecule has 0 aliphatic carbocycles. The van der Waals surface area contributed by atoms with Gasteiger partial charge >= 0.3 is 0 Å². The van der Waals surface area contributed by atoms with Gasteiger partial charge in [-0.2, -0.15) is 0 Å². The molecule has 3 heteroatoms. The summed E-state index contributed by atoms with van der Waals surface area (Å²) in [6, 6.07) is 0. The van der Waals surface area contributed by atoms with Crippen LogP contribution >= 0.6 is 0 Å². The van der Waals surface area contributed by atoms with Crippen molar-refractivity contribution >= 4 is 0 Å². The van der Waals surface area contributed by atoms with E-state index in [0.717, 1.165) is 12.5 Å². The molecule has 96 valence electrons. The van der Waals surface area contributed by atoms with Gasteiger partial charge in [-0.25, -0.2) is 0 Å². The molecule has 0 amide bonds. The minimum absolute atomic E-state index is 0.936. The molecule has 1 saturated heterocycles. The van der Waals surface area contributed by atoms with Crippen LogP contribution in [-0.2, 0) is 0 Å². The number of hydrogen-bond donors (Lipinski definition) is 1. The van der Waals surface area contributed by atoms with E-state index >= 15 is 0 Å². The van der Waals surface area contributed by atoms with Gasteiger partial charge in [0, 0.05) is 6.54 Å². The number of nitrogens with zero attached hydrogens (tertiary/aromatic N) is 2. The Hall–Kier alpha value is -0.120. The predicted octanol–water partition coefficient (Wildman–Crippen LogP) is 1.26. The molecule has 1 heterocycles. The van der Waals surface area contributed by atoms with Crippen LogP contribution in [0.1, 0.15) is 25.7 Å². The first-order valence-electron chi connectivity index (χ1n) is 6.74. The Bertz CT molecular complexity index is 173. The van der Waals surface area contributed by atoms with Crippen molar-refractivity contribution in [2.75, 3.05) is 53.9 Å². The van der Waals surface area contributed by atoms with Crippen LogP contribution in [-0.4, -0.2) is 63.7 Å². The lowest BCUT2D eigenvalue weighted by atomic mass is 9.95. The van der Waals surface area contributed by atoms with Crippen molar-refractivity contribution in [1.82, 2.24) is 15.1 Å². The van der Waals surface area contributed by atoms with Gasteiger partial charge < -0.3 is 15.1 Å². The molecule has 1 fully saturated rings. The number of piperidine rings is 1. The third-order valence-electron chi connectivity index (χ3n) is 3.61. The second kappa shape index (κ2) is 8.04. The first kappa shape index (κ1) is 13.9. The predicted molar refractivity (Wildman–Crippen MR) is 70.9 cm³/mol. The largest absolute Gasteiger partial charge is 0.320 e. The summed E-state index contributed by atoms with van der Waals surface area (Å²) in [5, 5.41) is 3.20. The first-order chi connectivity index (χ1) is 7.72. The summed E-state index contributed by atoms with van der Waals surface area (Å²) < 4.78 is 0. The van der Waals surface area contributed by atoms with Crippen LogP contribution in [0, 0.1) is 5.92 Å². The highest BCUT2D eigenvalue weighted by Gasteiger charge is 2.16. The average molecular weight is 227 g/mol. The third kappa shape index (κ3) is 5.83. The van der Waals surface area contributed by atoms with E-state index in [1.54, 1.807) is 0 Å². The van der Waals surface area contributed by atoms with Crippen LogP contribution in [0.15, 0.2) is 0 Å². The van der Waals surface area contributed by atoms with Gasteiger partial charge in [-0.1, -0.05) is 0 Å². The van der Waals surface area contributed by atoms with Crippen molar-refractivity contribution in [3.8, 4) is 0 Å². The van der Waals surface area contributed by atoms with Crippen LogP contribution in [0.3, 0.4) is 0 Å². The van der Waals surface area contributed by atoms with Crippen molar-refractivity contribution in [3.63, 3.8) is 0 Å². The summed E-state index contributed by atoms with van der Waals surface area (Å²) in [7, 11) is 6.53. The van der Waals surface area contributed by atoms with Crippen molar-refractivity contribution in [2.45, 2.75) is 25.7 Å². The molecule has 1 unspecified atom stereocenters. The van der Waals surface area contributed by atoms with Crippen molar-refractivity contribution in [3.05, 3.63) is 0 Å². The second-order valence-corrected chi connectivity index (χ2v) is 5.32. The molecule has 0 aromatic heterocycles. The zero-order chi connectivity index (χ0) is 11.8. The molecule has 1 aliphatic rings. The Balaban J connectivity index is 2.04. The molecule has 1 aliphatic heterocycles. The van der Waals surface area contributed by atoms with Gasteiger partial charge in [-0.3, -0.25) is 0 Å². The lowest BCUT2D eigenvalue weighted by Crippen LogP contribution is -2.34. The summed E-state index contributed by atoms with van der Waals surface area (Å²) in [6.07, 6.45) is 5.47. The van der Waals surface area contributed by atoms with E-state index in [1.807, 2.05) is 7.05 Å². The standard InChI is InChI=1S/C13H29N3/c1-14-8-5-10-15(2)11-7-13-6-4-9-16(3)12-13/h13-14H,4-12H2,1-3H3. The van der Waals surface area contributed by atoms with Crippen LogP contribution in [0.25, 0.3) is 0 Å². The molecule has 3 nitrogen and oxygen atoms in total. The molecule has 0 radical (unpaired) electrons. The number of likely N-dealkylation sites (tertiary alicyclic amines) is 1. The van der Waals surface area contributed by atoms with Gasteiger partial charge in [0.05, 0.1) is 0 Å². The second-order valence-electron chi connectivity index (χ2n) is 5.32. The molecule has 0 aromatic carbocycles. The maximum Gasteiger partial charge on any atom is 0.000709 e. The topological polar surface area (TPSA) is 18.5 Å². The normalized spacial score (nSPS) is 22.9. The average Bonchev–Trinajstić information content (AvgIpc) is 2.27. The highest BCUT2D eigenvalue weighted by molar-refractivity contribution is 4.71. The maximum atomic E-state index is 3.20. The van der Waals surface area contributed by atoms with E-state index in [-0.39, 0.29) is 0 Å². The molecule has 0 saturated carbocycles. The minimum Gasteiger partial charge on any atom is -0.320 e. The summed E-state index contributed by atoms with van der Waals surface area (Å²) in [6.45, 7) is 6.24. The van der Waals surface area contributed by atoms with Crippen LogP contribution in [0.4, 0.5) is 0 Å². The Morgan fingerprint density at radius 3 is 2.88 bits per heavy atom. The molecule has 0 aromatic rings. The minimum atomic E-state index is 0.936. The van der Waals surface area contributed by atoms with E-state index < -0.39 is 0 Å². The number of nitrogens with one attached hydrogen (secondary N) is 1. The van der Waals surface area contributed by atoms with Gasteiger partial charge in [-0.05, 0) is 78.9 Å². The lowest BCUT2D eigenvalue weighted by Gasteiger charge is -2.30. The Kier molecular flexibility index (Phi) is 7.01. The summed E-state index contributed by atoms with van der Waals surface area (Å²) >= 11 is 0. The molecule has 0 bridgehead atoms. The van der Waals surface area contributed by atoms with Crippen molar-refractivity contribution in [1.29, 1.82) is 0 Å². The molecule has 1 atom stereocenters. The quantitative estimate of drug-likeness (QED) is 0.661. The first-order valence-corrected chi connectivity index (χ1v) is 6.74. The van der Waals surface area contributed by atoms with Gasteiger partial charge in [0.15, 0.2) is 0 Å². The Morgan fingerprint density at radius 2 is 2.19 bits per heavy atom. The van der Waals surface area contributed by atoms with E-state index in [4.69, 9.17) is 0 Å². The van der Waals surface area contributed by atoms with Crippen LogP contribution in [0.5, 0.6) is 0 Å². The molecule has 1 N–H and O–H groups in total. The van der Waals surface area contributed by atoms with E-state index in [2.05, 4.69) is 29.2 Å². The number of rotatable bonds is 7. The van der Waals surface area contributed by atoms with Crippen LogP contribution < -0.4 is 5.32 Å². The highest BCUT2D eigenvalue weighted by Crippen LogP contribution is 2.18. The molecular formula is C13H29N3. The lowest BCUT2D eigenvalue weighted by molar-refractivity contribution is 0.185. The highest BCUT2D eigenvalue weighted by atomic mass is 15.1. The third-order valence-corrected chi connectivity index (χ3v) is 3.61. The van der Waals surface area contributed by atoms with Crippen molar-refractivity contribution in [2.24, 2.45) is 5.92 Å². The molecule has 1 rings (SSSR count). The van der Waals surface area contributed by atoms with Gasteiger partial charge in [0.1, 0.15) is 0 Å². The summed E-state index contributed by atoms with van der Waals surface area (Å²) in [4.78, 5) is 4.96. The molecular weight excluding hydrogens is 198 g/mol. The fraction of sp³-hybridized carbons (Fsp3) is 1.00. The van der Waals surface area contributed by atoms with Gasteiger partial charge in [0.25, 0.3) is 0 Å². The van der Waals surface area contributed by atoms with E-state index in [0.29, 0.717) is 0 Å². The zero-order valence-electron chi connectivity index (χ0n) is 11.3. The monoisotopic (exact) mass is 227 g/mol. The van der Waals surface area contributed by atoms with Gasteiger partial charge in [0.2, 0.25) is 0 Å². The number of hydrogen-bond acceptors (Lipinski definition) is 3. The van der Waals surface area contributed by atoms with E-state index in [9.17, 15) is 0 Å². The SMILES string of the molecule is CNCCCN(C)CCC1CCCN(C)C1. The maximum absolute atomic E-state index is 3.20. The fourth-order valence-electron chi connectivity index (χ4n) is 2.55. The zero-order valence-corrected chi connectivity index (χ0v) is 11.3. The van der Waals surface area contributed by atoms with E-state index in [1.165, 1.54) is 51.9 Å². The smallest absolute Gasteiger partial charge is 0.000709 e. The molecule has 16 heavy (non-hydrogen) atoms. The fourth-order valence-corrected chi connectivity index (χ4v) is 2.55. The van der Waals surface area contributed by atoms with Crippen molar-refractivity contribution < 1.29 is 0 Å². The molecule has 0 spiro atoms. The Morgan fingerprint density at radius 1 is 1.38 bits per heavy atom. The Labute approximate surface area is 101 Å². The van der Waals surface area contributed by atoms with Gasteiger partial charge in [-0.15, -0.1) is 0 Å². The van der Waals surface area contributed by atoms with Crippen LogP contribution in [0.2, 0.25) is 0 Å². The summed E-state index contributed by atoms with van der Waals surface area (Å²) in [5.74, 6) is 0.936.